The van der Waals surface area contributed by atoms with E-state index in [2.05, 4.69) is 29.1 Å². The summed E-state index contributed by atoms with van der Waals surface area (Å²) in [6, 6.07) is 0. The Bertz CT molecular complexity index is 834. The summed E-state index contributed by atoms with van der Waals surface area (Å²) >= 11 is 0. The Morgan fingerprint density at radius 2 is 2.10 bits per heavy atom. The third-order valence-corrected chi connectivity index (χ3v) is 9.38. The van der Waals surface area contributed by atoms with Gasteiger partial charge in [0.05, 0.1) is 6.33 Å². The molecule has 0 saturated heterocycles. The highest BCUT2D eigenvalue weighted by molar-refractivity contribution is 5.23. The second-order valence-corrected chi connectivity index (χ2v) is 10.7. The molecule has 164 valence electrons. The number of rotatable bonds is 4. The summed E-state index contributed by atoms with van der Waals surface area (Å²) in [5, 5.41) is 10.4. The lowest BCUT2D eigenvalue weighted by molar-refractivity contribution is -0.119. The summed E-state index contributed by atoms with van der Waals surface area (Å²) in [5.74, 6) is 2.90. The second-order valence-electron chi connectivity index (χ2n) is 10.7. The van der Waals surface area contributed by atoms with Crippen LogP contribution in [0.15, 0.2) is 42.5 Å². The van der Waals surface area contributed by atoms with E-state index in [0.29, 0.717) is 41.4 Å². The van der Waals surface area contributed by atoms with Crippen molar-refractivity contribution >= 4 is 0 Å². The number of alkyl halides is 2. The highest BCUT2D eigenvalue weighted by Gasteiger charge is 2.57. The molecule has 0 spiro atoms. The minimum absolute atomic E-state index is 0.171. The van der Waals surface area contributed by atoms with E-state index < -0.39 is 12.0 Å². The molecule has 3 saturated carbocycles. The molecule has 5 rings (SSSR count). The Morgan fingerprint density at radius 3 is 2.83 bits per heavy atom. The number of allylic oxidation sites excluding steroid dienone is 2. The van der Waals surface area contributed by atoms with E-state index >= 15 is 0 Å². The normalized spacial score (nSPS) is 43.0. The van der Waals surface area contributed by atoms with Crippen molar-refractivity contribution in [3.63, 3.8) is 0 Å². The summed E-state index contributed by atoms with van der Waals surface area (Å²) in [7, 11) is 0. The smallest absolute Gasteiger partial charge is 0.267 e. The molecule has 4 aliphatic rings. The van der Waals surface area contributed by atoms with Gasteiger partial charge < -0.3 is 9.67 Å². The van der Waals surface area contributed by atoms with Gasteiger partial charge in [-0.2, -0.15) is 0 Å². The van der Waals surface area contributed by atoms with Crippen LogP contribution in [0.1, 0.15) is 58.3 Å². The van der Waals surface area contributed by atoms with Crippen molar-refractivity contribution in [2.75, 3.05) is 0 Å². The van der Waals surface area contributed by atoms with Crippen LogP contribution in [0.4, 0.5) is 8.78 Å². The van der Waals surface area contributed by atoms with Gasteiger partial charge in [0.1, 0.15) is 5.60 Å². The Kier molecular flexibility index (Phi) is 4.96. The van der Waals surface area contributed by atoms with E-state index in [1.807, 2.05) is 18.7 Å². The quantitative estimate of drug-likeness (QED) is 0.647. The van der Waals surface area contributed by atoms with Crippen LogP contribution in [0.3, 0.4) is 0 Å². The average Bonchev–Trinajstić information content (AvgIpc) is 3.34. The van der Waals surface area contributed by atoms with Crippen molar-refractivity contribution in [2.45, 2.75) is 76.9 Å². The lowest BCUT2D eigenvalue weighted by Crippen LogP contribution is -2.49. The maximum Gasteiger partial charge on any atom is 0.267 e. The molecule has 5 heteroatoms. The van der Waals surface area contributed by atoms with Gasteiger partial charge in [-0.25, -0.2) is 13.8 Å². The van der Waals surface area contributed by atoms with E-state index in [-0.39, 0.29) is 12.8 Å². The first-order valence-electron chi connectivity index (χ1n) is 11.6. The molecule has 3 fully saturated rings. The summed E-state index contributed by atoms with van der Waals surface area (Å²) in [6.45, 7) is 7.82. The molecular formula is C25H34F2N2O. The van der Waals surface area contributed by atoms with Crippen LogP contribution in [0.5, 0.6) is 0 Å². The van der Waals surface area contributed by atoms with Crippen molar-refractivity contribution < 1.29 is 13.9 Å². The number of aromatic nitrogens is 2. The number of nitrogens with zero attached hydrogens (tertiary/aromatic N) is 2. The van der Waals surface area contributed by atoms with E-state index in [1.165, 1.54) is 31.3 Å². The van der Waals surface area contributed by atoms with Crippen molar-refractivity contribution in [3.05, 3.63) is 42.5 Å². The minimum atomic E-state index is -2.65. The Hall–Kier alpha value is -1.49. The maximum atomic E-state index is 13.4. The van der Waals surface area contributed by atoms with E-state index in [4.69, 9.17) is 0 Å². The SMILES string of the molecule is C=C(Cn1ccnc1)[C@H]1CC[C@H]2[C@@H]3CC=C4C[C@@](O)(C(F)F)CC[C@@H]4[C@H]3CC[C@]12C. The average molecular weight is 417 g/mol. The third-order valence-electron chi connectivity index (χ3n) is 9.38. The zero-order valence-electron chi connectivity index (χ0n) is 17.9. The molecule has 0 radical (unpaired) electrons. The molecule has 0 unspecified atom stereocenters. The molecule has 7 atom stereocenters. The molecule has 30 heavy (non-hydrogen) atoms. The number of imidazole rings is 1. The molecular weight excluding hydrogens is 382 g/mol. The molecule has 0 aliphatic heterocycles. The van der Waals surface area contributed by atoms with Gasteiger partial charge in [-0.05, 0) is 80.0 Å². The molecule has 3 nitrogen and oxygen atoms in total. The van der Waals surface area contributed by atoms with Gasteiger partial charge in [-0.3, -0.25) is 0 Å². The van der Waals surface area contributed by atoms with Gasteiger partial charge in [0, 0.05) is 25.4 Å². The van der Waals surface area contributed by atoms with Crippen molar-refractivity contribution in [3.8, 4) is 0 Å². The standard InChI is InChI=1S/C25H34F2N2O/c1-16(14-29-12-11-28-15-29)21-5-6-22-20-4-3-17-13-25(30,23(26)27)10-8-18(17)19(20)7-9-24(21,22)2/h3,11-12,15,18-23,30H,1,4-10,13-14H2,2H3/t18-,19+,20+,21+,22-,24+,25+/m0/s1. The van der Waals surface area contributed by atoms with Crippen LogP contribution in [0, 0.1) is 35.0 Å². The number of fused-ring (bicyclic) bond motifs is 5. The number of hydrogen-bond donors (Lipinski definition) is 1. The molecule has 1 aromatic heterocycles. The molecule has 0 bridgehead atoms. The minimum Gasteiger partial charge on any atom is -0.384 e. The van der Waals surface area contributed by atoms with Crippen LogP contribution >= 0.6 is 0 Å². The monoisotopic (exact) mass is 416 g/mol. The van der Waals surface area contributed by atoms with Crippen molar-refractivity contribution in [1.29, 1.82) is 0 Å². The van der Waals surface area contributed by atoms with Gasteiger partial charge in [0.2, 0.25) is 0 Å². The Morgan fingerprint density at radius 1 is 1.27 bits per heavy atom. The van der Waals surface area contributed by atoms with Crippen molar-refractivity contribution in [2.24, 2.45) is 35.0 Å². The third kappa shape index (κ3) is 3.11. The second kappa shape index (κ2) is 7.29. The first-order valence-corrected chi connectivity index (χ1v) is 11.6. The zero-order valence-corrected chi connectivity index (χ0v) is 17.9. The Balaban J connectivity index is 1.34. The zero-order chi connectivity index (χ0) is 21.1. The van der Waals surface area contributed by atoms with E-state index in [0.717, 1.165) is 18.5 Å². The molecule has 4 aliphatic carbocycles. The topological polar surface area (TPSA) is 38.0 Å². The fraction of sp³-hybridized carbons (Fsp3) is 0.720. The maximum absolute atomic E-state index is 13.4. The van der Waals surface area contributed by atoms with Gasteiger partial charge >= 0.3 is 0 Å². The van der Waals surface area contributed by atoms with Gasteiger partial charge in [-0.15, -0.1) is 0 Å². The highest BCUT2D eigenvalue weighted by atomic mass is 19.3. The van der Waals surface area contributed by atoms with Gasteiger partial charge in [0.15, 0.2) is 0 Å². The number of aliphatic hydroxyl groups is 1. The first kappa shape index (κ1) is 20.4. The highest BCUT2D eigenvalue weighted by Crippen LogP contribution is 2.64. The van der Waals surface area contributed by atoms with Crippen LogP contribution in [-0.2, 0) is 6.54 Å². The van der Waals surface area contributed by atoms with Gasteiger partial charge in [0.25, 0.3) is 6.43 Å². The molecule has 1 heterocycles. The predicted octanol–water partition coefficient (Wildman–Crippen LogP) is 5.62. The predicted molar refractivity (Wildman–Crippen MR) is 113 cm³/mol. The lowest BCUT2D eigenvalue weighted by Gasteiger charge is -2.54. The van der Waals surface area contributed by atoms with E-state index in [9.17, 15) is 13.9 Å². The van der Waals surface area contributed by atoms with Crippen LogP contribution in [0.25, 0.3) is 0 Å². The van der Waals surface area contributed by atoms with Crippen molar-refractivity contribution in [1.82, 2.24) is 9.55 Å². The number of halogens is 2. The lowest BCUT2D eigenvalue weighted by atomic mass is 9.51. The summed E-state index contributed by atoms with van der Waals surface area (Å²) in [5.41, 5.74) is 0.931. The number of hydrogen-bond acceptors (Lipinski definition) is 2. The summed E-state index contributed by atoms with van der Waals surface area (Å²) in [4.78, 5) is 4.16. The summed E-state index contributed by atoms with van der Waals surface area (Å²) in [6.07, 6.45) is 12.3. The molecule has 0 aromatic carbocycles. The largest absolute Gasteiger partial charge is 0.384 e. The molecule has 1 aromatic rings. The molecule has 1 N–H and O–H groups in total. The van der Waals surface area contributed by atoms with Crippen LogP contribution in [-0.4, -0.2) is 26.7 Å². The van der Waals surface area contributed by atoms with Gasteiger partial charge in [-0.1, -0.05) is 30.7 Å². The fourth-order valence-electron chi connectivity index (χ4n) is 7.90. The molecule has 0 amide bonds. The van der Waals surface area contributed by atoms with E-state index in [1.54, 1.807) is 0 Å². The Labute approximate surface area is 178 Å². The first-order chi connectivity index (χ1) is 14.3. The van der Waals surface area contributed by atoms with Crippen LogP contribution < -0.4 is 0 Å². The van der Waals surface area contributed by atoms with Crippen LogP contribution in [0.2, 0.25) is 0 Å². The summed E-state index contributed by atoms with van der Waals surface area (Å²) < 4.78 is 28.9. The fourth-order valence-corrected chi connectivity index (χ4v) is 7.90.